The van der Waals surface area contributed by atoms with Gasteiger partial charge in [0.05, 0.1) is 16.8 Å². The van der Waals surface area contributed by atoms with Crippen LogP contribution in [0.25, 0.3) is 11.2 Å². The number of rotatable bonds is 5. The van der Waals surface area contributed by atoms with Gasteiger partial charge in [-0.25, -0.2) is 24.5 Å². The van der Waals surface area contributed by atoms with E-state index in [1.165, 1.54) is 18.3 Å². The summed E-state index contributed by atoms with van der Waals surface area (Å²) < 4.78 is 0. The van der Waals surface area contributed by atoms with Crippen molar-refractivity contribution < 1.29 is 14.7 Å². The van der Waals surface area contributed by atoms with Crippen LogP contribution in [0.1, 0.15) is 17.3 Å². The summed E-state index contributed by atoms with van der Waals surface area (Å²) in [5.41, 5.74) is 1.45. The third-order valence-corrected chi connectivity index (χ3v) is 3.77. The number of nitrogens with one attached hydrogen (secondary N) is 3. The van der Waals surface area contributed by atoms with Crippen LogP contribution < -0.4 is 16.0 Å². The van der Waals surface area contributed by atoms with E-state index in [1.54, 1.807) is 18.2 Å². The lowest BCUT2D eigenvalue weighted by atomic mass is 10.2. The summed E-state index contributed by atoms with van der Waals surface area (Å²) in [5.74, 6) is -0.369. The molecule has 0 atom stereocenters. The van der Waals surface area contributed by atoms with Gasteiger partial charge < -0.3 is 15.7 Å². The van der Waals surface area contributed by atoms with E-state index >= 15 is 0 Å². The highest BCUT2D eigenvalue weighted by Crippen LogP contribution is 2.23. The molecule has 1 aromatic carbocycles. The number of aromatic carboxylic acids is 1. The summed E-state index contributed by atoms with van der Waals surface area (Å²) in [6.07, 6.45) is 1.51. The average Bonchev–Trinajstić information content (AvgIpc) is 2.61. The van der Waals surface area contributed by atoms with E-state index in [4.69, 9.17) is 16.7 Å². The Labute approximate surface area is 158 Å². The van der Waals surface area contributed by atoms with Gasteiger partial charge in [0.25, 0.3) is 0 Å². The lowest BCUT2D eigenvalue weighted by Gasteiger charge is -2.09. The van der Waals surface area contributed by atoms with Crippen molar-refractivity contribution in [2.45, 2.75) is 6.92 Å². The van der Waals surface area contributed by atoms with Crippen molar-refractivity contribution in [3.05, 3.63) is 47.1 Å². The van der Waals surface area contributed by atoms with Crippen LogP contribution >= 0.6 is 11.6 Å². The lowest BCUT2D eigenvalue weighted by molar-refractivity contribution is 0.0697. The topological polar surface area (TPSA) is 129 Å². The zero-order valence-electron chi connectivity index (χ0n) is 14.2. The fraction of sp³-hybridized carbons (Fsp3) is 0.118. The number of carboxylic acid groups (broad SMARTS) is 1. The molecule has 0 radical (unpaired) electrons. The molecule has 2 aromatic heterocycles. The van der Waals surface area contributed by atoms with Crippen LogP contribution in [0.3, 0.4) is 0 Å². The Morgan fingerprint density at radius 2 is 1.93 bits per heavy atom. The molecular formula is C17H15ClN6O3. The number of fused-ring (bicyclic) bond motifs is 1. The Balaban J connectivity index is 1.84. The molecule has 0 aliphatic carbocycles. The number of amides is 2. The zero-order chi connectivity index (χ0) is 19.4. The Bertz CT molecular complexity index is 1030. The molecule has 9 nitrogen and oxygen atoms in total. The molecule has 3 aromatic rings. The molecule has 0 spiro atoms. The first-order chi connectivity index (χ1) is 13.0. The molecule has 138 valence electrons. The molecule has 27 heavy (non-hydrogen) atoms. The average molecular weight is 387 g/mol. The van der Waals surface area contributed by atoms with Crippen LogP contribution in [0, 0.1) is 0 Å². The fourth-order valence-corrected chi connectivity index (χ4v) is 2.52. The molecule has 0 aliphatic rings. The number of hydrogen-bond acceptors (Lipinski definition) is 6. The van der Waals surface area contributed by atoms with E-state index in [9.17, 15) is 9.59 Å². The summed E-state index contributed by atoms with van der Waals surface area (Å²) in [5, 5.41) is 17.3. The zero-order valence-corrected chi connectivity index (χ0v) is 14.9. The van der Waals surface area contributed by atoms with Crippen molar-refractivity contribution in [3.8, 4) is 0 Å². The predicted molar refractivity (Wildman–Crippen MR) is 102 cm³/mol. The minimum atomic E-state index is -1.10. The number of carbonyl (C=O) groups excluding carboxylic acids is 1. The van der Waals surface area contributed by atoms with E-state index in [2.05, 4.69) is 30.9 Å². The van der Waals surface area contributed by atoms with Gasteiger partial charge >= 0.3 is 12.0 Å². The number of anilines is 3. The van der Waals surface area contributed by atoms with Gasteiger partial charge in [0, 0.05) is 12.2 Å². The fourth-order valence-electron chi connectivity index (χ4n) is 2.26. The largest absolute Gasteiger partial charge is 0.478 e. The molecule has 0 saturated carbocycles. The van der Waals surface area contributed by atoms with Gasteiger partial charge in [-0.2, -0.15) is 0 Å². The van der Waals surface area contributed by atoms with E-state index in [1.807, 2.05) is 6.92 Å². The third kappa shape index (κ3) is 4.39. The maximum absolute atomic E-state index is 11.6. The van der Waals surface area contributed by atoms with Crippen LogP contribution in [0.2, 0.25) is 5.02 Å². The standard InChI is InChI=1S/C17H15ClN6O3/c1-2-19-17(27)24-13-6-5-12-15(22-13)23-14(8-20-12)21-9-3-4-10(16(25)26)11(18)7-9/h3-8H,2H2,1H3,(H,25,26)(H3,19,21,22,23,24,27). The normalized spacial score (nSPS) is 10.4. The minimum absolute atomic E-state index is 0.00884. The van der Waals surface area contributed by atoms with E-state index in [-0.39, 0.29) is 16.6 Å². The molecule has 0 saturated heterocycles. The lowest BCUT2D eigenvalue weighted by Crippen LogP contribution is -2.28. The highest BCUT2D eigenvalue weighted by Gasteiger charge is 2.10. The number of carbonyl (C=O) groups is 2. The van der Waals surface area contributed by atoms with Crippen molar-refractivity contribution in [1.82, 2.24) is 20.3 Å². The second kappa shape index (κ2) is 7.83. The van der Waals surface area contributed by atoms with Gasteiger partial charge in [-0.15, -0.1) is 0 Å². The van der Waals surface area contributed by atoms with Crippen LogP contribution in [0.4, 0.5) is 22.1 Å². The minimum Gasteiger partial charge on any atom is -0.478 e. The predicted octanol–water partition coefficient (Wildman–Crippen LogP) is 3.26. The first-order valence-electron chi connectivity index (χ1n) is 7.95. The number of pyridine rings is 1. The molecule has 0 aliphatic heterocycles. The second-order valence-corrected chi connectivity index (χ2v) is 5.81. The van der Waals surface area contributed by atoms with Crippen molar-refractivity contribution in [2.75, 3.05) is 17.2 Å². The van der Waals surface area contributed by atoms with Crippen molar-refractivity contribution in [2.24, 2.45) is 0 Å². The van der Waals surface area contributed by atoms with Gasteiger partial charge in [0.15, 0.2) is 11.5 Å². The molecule has 4 N–H and O–H groups in total. The quantitative estimate of drug-likeness (QED) is 0.529. The van der Waals surface area contributed by atoms with E-state index < -0.39 is 5.97 Å². The number of benzene rings is 1. The van der Waals surface area contributed by atoms with Crippen LogP contribution in [0.5, 0.6) is 0 Å². The highest BCUT2D eigenvalue weighted by molar-refractivity contribution is 6.33. The third-order valence-electron chi connectivity index (χ3n) is 3.46. The number of nitrogens with zero attached hydrogens (tertiary/aromatic N) is 3. The molecule has 0 fully saturated rings. The SMILES string of the molecule is CCNC(=O)Nc1ccc2ncc(Nc3ccc(C(=O)O)c(Cl)c3)nc2n1. The smallest absolute Gasteiger partial charge is 0.337 e. The van der Waals surface area contributed by atoms with Gasteiger partial charge in [0.2, 0.25) is 0 Å². The maximum atomic E-state index is 11.6. The number of carboxylic acids is 1. The van der Waals surface area contributed by atoms with Crippen molar-refractivity contribution >= 4 is 52.1 Å². The number of aromatic nitrogens is 3. The van der Waals surface area contributed by atoms with Crippen molar-refractivity contribution in [1.29, 1.82) is 0 Å². The summed E-state index contributed by atoms with van der Waals surface area (Å²) >= 11 is 5.97. The molecule has 3 rings (SSSR count). The Hall–Kier alpha value is -3.46. The number of hydrogen-bond donors (Lipinski definition) is 4. The molecular weight excluding hydrogens is 372 g/mol. The summed E-state index contributed by atoms with van der Waals surface area (Å²) in [6, 6.07) is 7.41. The Kier molecular flexibility index (Phi) is 5.32. The van der Waals surface area contributed by atoms with Crippen LogP contribution in [-0.2, 0) is 0 Å². The second-order valence-electron chi connectivity index (χ2n) is 5.40. The first-order valence-corrected chi connectivity index (χ1v) is 8.32. The molecule has 0 bridgehead atoms. The van der Waals surface area contributed by atoms with Gasteiger partial charge in [0.1, 0.15) is 11.3 Å². The summed E-state index contributed by atoms with van der Waals surface area (Å²) in [4.78, 5) is 35.5. The number of halogens is 1. The van der Waals surface area contributed by atoms with Crippen LogP contribution in [0.15, 0.2) is 36.5 Å². The van der Waals surface area contributed by atoms with Gasteiger partial charge in [-0.05, 0) is 37.3 Å². The van der Waals surface area contributed by atoms with E-state index in [0.717, 1.165) is 0 Å². The Morgan fingerprint density at radius 1 is 1.15 bits per heavy atom. The monoisotopic (exact) mass is 386 g/mol. The highest BCUT2D eigenvalue weighted by atomic mass is 35.5. The maximum Gasteiger partial charge on any atom is 0.337 e. The molecule has 2 amide bonds. The first kappa shape index (κ1) is 18.3. The van der Waals surface area contributed by atoms with E-state index in [0.29, 0.717) is 35.0 Å². The number of urea groups is 1. The summed E-state index contributed by atoms with van der Waals surface area (Å²) in [7, 11) is 0. The molecule has 10 heteroatoms. The Morgan fingerprint density at radius 3 is 2.63 bits per heavy atom. The molecule has 0 unspecified atom stereocenters. The summed E-state index contributed by atoms with van der Waals surface area (Å²) in [6.45, 7) is 2.31. The van der Waals surface area contributed by atoms with Crippen LogP contribution in [-0.4, -0.2) is 38.6 Å². The molecule has 2 heterocycles. The van der Waals surface area contributed by atoms with Gasteiger partial charge in [-0.3, -0.25) is 5.32 Å². The van der Waals surface area contributed by atoms with Crippen molar-refractivity contribution in [3.63, 3.8) is 0 Å². The van der Waals surface area contributed by atoms with Gasteiger partial charge in [-0.1, -0.05) is 11.6 Å².